The minimum absolute atomic E-state index is 0.905. The maximum absolute atomic E-state index is 5.32. The first-order valence-electron chi connectivity index (χ1n) is 6.18. The summed E-state index contributed by atoms with van der Waals surface area (Å²) in [5.41, 5.74) is 3.08. The molecule has 0 radical (unpaired) electrons. The molecule has 96 valence electrons. The summed E-state index contributed by atoms with van der Waals surface area (Å²) < 4.78 is 2.15. The minimum Gasteiger partial charge on any atom is -0.283 e. The van der Waals surface area contributed by atoms with Crippen molar-refractivity contribution in [1.82, 2.24) is 9.38 Å². The van der Waals surface area contributed by atoms with Crippen molar-refractivity contribution in [3.05, 3.63) is 40.7 Å². The molecule has 0 N–H and O–H groups in total. The maximum atomic E-state index is 5.32. The molecule has 0 saturated carbocycles. The lowest BCUT2D eigenvalue weighted by atomic mass is 10.2. The number of rotatable bonds is 4. The van der Waals surface area contributed by atoms with Crippen LogP contribution in [0.5, 0.6) is 0 Å². The third-order valence-electron chi connectivity index (χ3n) is 2.83. The van der Waals surface area contributed by atoms with E-state index < -0.39 is 0 Å². The highest BCUT2D eigenvalue weighted by Crippen LogP contribution is 2.29. The number of aryl methyl sites for hydroxylation is 1. The number of imidazole rings is 1. The average molecular weight is 268 g/mol. The third-order valence-corrected chi connectivity index (χ3v) is 4.03. The van der Waals surface area contributed by atoms with Crippen LogP contribution in [0, 0.1) is 12.3 Å². The molecule has 3 heteroatoms. The van der Waals surface area contributed by atoms with Gasteiger partial charge in [-0.05, 0) is 37.6 Å². The summed E-state index contributed by atoms with van der Waals surface area (Å²) in [6, 6.07) is 0. The van der Waals surface area contributed by atoms with Crippen LogP contribution < -0.4 is 0 Å². The van der Waals surface area contributed by atoms with E-state index in [1.807, 2.05) is 19.1 Å². The van der Waals surface area contributed by atoms with Crippen molar-refractivity contribution in [2.24, 2.45) is 0 Å². The molecule has 0 aromatic carbocycles. The van der Waals surface area contributed by atoms with Gasteiger partial charge < -0.3 is 0 Å². The van der Waals surface area contributed by atoms with Crippen molar-refractivity contribution in [3.8, 4) is 12.3 Å². The molecule has 0 saturated heterocycles. The number of nitrogens with zero attached hydrogens (tertiary/aromatic N) is 2. The Morgan fingerprint density at radius 2 is 2.21 bits per heavy atom. The van der Waals surface area contributed by atoms with Crippen LogP contribution in [0.15, 0.2) is 18.7 Å². The van der Waals surface area contributed by atoms with E-state index in [1.165, 1.54) is 4.88 Å². The van der Waals surface area contributed by atoms with E-state index in [4.69, 9.17) is 6.42 Å². The highest BCUT2D eigenvalue weighted by atomic mass is 32.1. The Morgan fingerprint density at radius 3 is 2.79 bits per heavy atom. The topological polar surface area (TPSA) is 17.3 Å². The zero-order chi connectivity index (χ0) is 13.8. The fourth-order valence-corrected chi connectivity index (χ4v) is 3.09. The van der Waals surface area contributed by atoms with Crippen molar-refractivity contribution in [1.29, 1.82) is 0 Å². The summed E-state index contributed by atoms with van der Waals surface area (Å²) in [5.74, 6) is 2.55. The molecule has 2 rings (SSSR count). The monoisotopic (exact) mass is 268 g/mol. The van der Waals surface area contributed by atoms with Gasteiger partial charge in [0.1, 0.15) is 0 Å². The van der Waals surface area contributed by atoms with Gasteiger partial charge in [0, 0.05) is 4.88 Å². The lowest BCUT2D eigenvalue weighted by Gasteiger charge is -2.00. The van der Waals surface area contributed by atoms with E-state index in [-0.39, 0.29) is 0 Å². The van der Waals surface area contributed by atoms with Gasteiger partial charge in [0.25, 0.3) is 0 Å². The lowest BCUT2D eigenvalue weighted by molar-refractivity contribution is 1.10. The lowest BCUT2D eigenvalue weighted by Crippen LogP contribution is -1.91. The molecule has 0 aliphatic rings. The number of fused-ring (bicyclic) bond motifs is 1. The number of terminal acetylenes is 1. The summed E-state index contributed by atoms with van der Waals surface area (Å²) in [6.45, 7) is 7.97. The largest absolute Gasteiger partial charge is 0.283 e. The number of allylic oxidation sites excluding steroid dienone is 2. The second kappa shape index (κ2) is 5.73. The van der Waals surface area contributed by atoms with Crippen LogP contribution in [0.25, 0.3) is 23.2 Å². The summed E-state index contributed by atoms with van der Waals surface area (Å²) in [5, 5.41) is 0. The summed E-state index contributed by atoms with van der Waals surface area (Å²) in [6.07, 6.45) is 15.8. The van der Waals surface area contributed by atoms with Crippen molar-refractivity contribution < 1.29 is 0 Å². The molecule has 0 amide bonds. The van der Waals surface area contributed by atoms with E-state index in [2.05, 4.69) is 34.9 Å². The smallest absolute Gasteiger partial charge is 0.195 e. The van der Waals surface area contributed by atoms with Gasteiger partial charge >= 0.3 is 0 Å². The van der Waals surface area contributed by atoms with Crippen molar-refractivity contribution in [3.63, 3.8) is 0 Å². The first-order chi connectivity index (χ1) is 9.26. The Hall–Kier alpha value is -2.05. The fraction of sp³-hybridized carbons (Fsp3) is 0.188. The molecule has 0 spiro atoms. The van der Waals surface area contributed by atoms with E-state index in [0.29, 0.717) is 0 Å². The van der Waals surface area contributed by atoms with Crippen LogP contribution in [0.1, 0.15) is 35.8 Å². The van der Waals surface area contributed by atoms with E-state index in [1.54, 1.807) is 23.5 Å². The molecule has 2 heterocycles. The Bertz CT molecular complexity index is 705. The fourth-order valence-electron chi connectivity index (χ4n) is 2.03. The molecule has 0 aliphatic carbocycles. The number of hydrogen-bond acceptors (Lipinski definition) is 2. The molecule has 2 nitrogen and oxygen atoms in total. The molecule has 2 aromatic rings. The SMILES string of the molecule is C#C/C=C\c1c(CC)sc2nc(C=C)c(/C=C\C)n12. The Balaban J connectivity index is 2.81. The minimum atomic E-state index is 0.905. The molecule has 0 fully saturated rings. The van der Waals surface area contributed by atoms with Gasteiger partial charge in [-0.3, -0.25) is 4.40 Å². The number of aromatic nitrogens is 2. The standard InChI is InChI=1S/C16H16N2S/c1-5-9-11-14-15(8-4)19-16-17-12(7-3)13(10-6-2)18(14)16/h1,6-7,9-11H,3,8H2,2,4H3/b10-6-,11-9-. The van der Waals surface area contributed by atoms with Crippen LogP contribution in [-0.2, 0) is 6.42 Å². The normalized spacial score (nSPS) is 11.6. The summed E-state index contributed by atoms with van der Waals surface area (Å²) in [4.78, 5) is 6.88. The van der Waals surface area contributed by atoms with Gasteiger partial charge in [0.2, 0.25) is 0 Å². The van der Waals surface area contributed by atoms with Crippen LogP contribution in [0.3, 0.4) is 0 Å². The zero-order valence-electron chi connectivity index (χ0n) is 11.2. The van der Waals surface area contributed by atoms with Gasteiger partial charge in [-0.25, -0.2) is 4.98 Å². The van der Waals surface area contributed by atoms with Gasteiger partial charge in [0.05, 0.1) is 17.1 Å². The Morgan fingerprint density at radius 1 is 1.42 bits per heavy atom. The second-order valence-electron chi connectivity index (χ2n) is 3.97. The zero-order valence-corrected chi connectivity index (χ0v) is 12.0. The predicted molar refractivity (Wildman–Crippen MR) is 85.1 cm³/mol. The van der Waals surface area contributed by atoms with E-state index in [9.17, 15) is 0 Å². The first-order valence-corrected chi connectivity index (χ1v) is 7.00. The Kier molecular flexibility index (Phi) is 4.03. The van der Waals surface area contributed by atoms with Crippen molar-refractivity contribution >= 4 is 34.5 Å². The molecular weight excluding hydrogens is 252 g/mol. The summed E-state index contributed by atoms with van der Waals surface area (Å²) >= 11 is 1.70. The van der Waals surface area contributed by atoms with Gasteiger partial charge in [0.15, 0.2) is 4.96 Å². The number of thiazole rings is 1. The van der Waals surface area contributed by atoms with Crippen LogP contribution in [-0.4, -0.2) is 9.38 Å². The van der Waals surface area contributed by atoms with Gasteiger partial charge in [-0.15, -0.1) is 17.8 Å². The van der Waals surface area contributed by atoms with Gasteiger partial charge in [-0.2, -0.15) is 0 Å². The summed E-state index contributed by atoms with van der Waals surface area (Å²) in [7, 11) is 0. The predicted octanol–water partition coefficient (Wildman–Crippen LogP) is 4.28. The quantitative estimate of drug-likeness (QED) is 0.756. The third kappa shape index (κ3) is 2.27. The highest BCUT2D eigenvalue weighted by molar-refractivity contribution is 7.17. The number of hydrogen-bond donors (Lipinski definition) is 0. The van der Waals surface area contributed by atoms with Crippen LogP contribution >= 0.6 is 11.3 Å². The molecule has 0 unspecified atom stereocenters. The van der Waals surface area contributed by atoms with E-state index in [0.717, 1.165) is 28.5 Å². The van der Waals surface area contributed by atoms with Gasteiger partial charge in [-0.1, -0.05) is 25.5 Å². The molecule has 19 heavy (non-hydrogen) atoms. The first kappa shape index (κ1) is 13.4. The highest BCUT2D eigenvalue weighted by Gasteiger charge is 2.15. The second-order valence-corrected chi connectivity index (χ2v) is 5.03. The molecule has 2 aromatic heterocycles. The molecule has 0 aliphatic heterocycles. The maximum Gasteiger partial charge on any atom is 0.195 e. The van der Waals surface area contributed by atoms with Crippen molar-refractivity contribution in [2.75, 3.05) is 0 Å². The molecule has 0 atom stereocenters. The average Bonchev–Trinajstić information content (AvgIpc) is 2.93. The molecular formula is C16H16N2S. The Labute approximate surface area is 117 Å². The van der Waals surface area contributed by atoms with Crippen LogP contribution in [0.4, 0.5) is 0 Å². The van der Waals surface area contributed by atoms with Crippen LogP contribution in [0.2, 0.25) is 0 Å². The van der Waals surface area contributed by atoms with E-state index >= 15 is 0 Å². The van der Waals surface area contributed by atoms with Crippen molar-refractivity contribution in [2.45, 2.75) is 20.3 Å². The molecule has 0 bridgehead atoms.